The Morgan fingerprint density at radius 1 is 1.36 bits per heavy atom. The predicted molar refractivity (Wildman–Crippen MR) is 97.9 cm³/mol. The molecule has 8 heteroatoms. The number of primary amides is 1. The highest BCUT2D eigenvalue weighted by atomic mass is 32.2. The number of rotatable bonds is 5. The van der Waals surface area contributed by atoms with Crippen LogP contribution >= 0.6 is 0 Å². The first kappa shape index (κ1) is 19.2. The Balaban J connectivity index is 1.95. The molecule has 1 heterocycles. The van der Waals surface area contributed by atoms with Crippen LogP contribution in [0.1, 0.15) is 24.8 Å². The number of aliphatic imine (C=N–C) groups is 1. The van der Waals surface area contributed by atoms with Gasteiger partial charge in [0.05, 0.1) is 4.90 Å². The van der Waals surface area contributed by atoms with Gasteiger partial charge in [0.1, 0.15) is 0 Å². The molecule has 1 fully saturated rings. The SMILES string of the molecule is CN=C(NCc1ccc(S(C)(=O)=O)cc1)N1CCCC(CC(N)=O)C1. The zero-order valence-electron chi connectivity index (χ0n) is 14.7. The number of benzene rings is 1. The molecule has 2 rings (SSSR count). The second-order valence-electron chi connectivity index (χ2n) is 6.44. The maximum atomic E-state index is 11.5. The Bertz CT molecular complexity index is 729. The van der Waals surface area contributed by atoms with Crippen molar-refractivity contribution in [2.75, 3.05) is 26.4 Å². The number of hydrogen-bond donors (Lipinski definition) is 2. The van der Waals surface area contributed by atoms with Crippen molar-refractivity contribution in [2.45, 2.75) is 30.7 Å². The lowest BCUT2D eigenvalue weighted by Crippen LogP contribution is -2.46. The van der Waals surface area contributed by atoms with Crippen LogP contribution in [-0.2, 0) is 21.2 Å². The molecule has 1 atom stereocenters. The summed E-state index contributed by atoms with van der Waals surface area (Å²) in [5, 5.41) is 3.30. The van der Waals surface area contributed by atoms with E-state index in [9.17, 15) is 13.2 Å². The molecule has 0 spiro atoms. The molecule has 1 amide bonds. The average Bonchev–Trinajstić information content (AvgIpc) is 2.55. The highest BCUT2D eigenvalue weighted by molar-refractivity contribution is 7.90. The smallest absolute Gasteiger partial charge is 0.217 e. The Kier molecular flexibility index (Phi) is 6.41. The molecule has 7 nitrogen and oxygen atoms in total. The maximum Gasteiger partial charge on any atom is 0.217 e. The fourth-order valence-corrected chi connectivity index (χ4v) is 3.71. The summed E-state index contributed by atoms with van der Waals surface area (Å²) >= 11 is 0. The highest BCUT2D eigenvalue weighted by Gasteiger charge is 2.23. The van der Waals surface area contributed by atoms with Gasteiger partial charge in [-0.1, -0.05) is 12.1 Å². The van der Waals surface area contributed by atoms with Gasteiger partial charge in [0, 0.05) is 39.4 Å². The monoisotopic (exact) mass is 366 g/mol. The van der Waals surface area contributed by atoms with Gasteiger partial charge in [-0.15, -0.1) is 0 Å². The van der Waals surface area contributed by atoms with Crippen LogP contribution in [0.5, 0.6) is 0 Å². The minimum absolute atomic E-state index is 0.263. The number of nitrogens with two attached hydrogens (primary N) is 1. The van der Waals surface area contributed by atoms with E-state index in [1.54, 1.807) is 31.3 Å². The second-order valence-corrected chi connectivity index (χ2v) is 8.46. The summed E-state index contributed by atoms with van der Waals surface area (Å²) < 4.78 is 23.0. The number of nitrogens with zero attached hydrogens (tertiary/aromatic N) is 2. The van der Waals surface area contributed by atoms with Crippen LogP contribution in [0.25, 0.3) is 0 Å². The zero-order chi connectivity index (χ0) is 18.4. The number of carbonyl (C=O) groups is 1. The third-order valence-corrected chi connectivity index (χ3v) is 5.45. The molecule has 1 aromatic carbocycles. The van der Waals surface area contributed by atoms with Crippen LogP contribution in [0.15, 0.2) is 34.2 Å². The molecule has 1 aliphatic heterocycles. The lowest BCUT2D eigenvalue weighted by Gasteiger charge is -2.34. The van der Waals surface area contributed by atoms with Crippen LogP contribution in [0.2, 0.25) is 0 Å². The highest BCUT2D eigenvalue weighted by Crippen LogP contribution is 2.19. The van der Waals surface area contributed by atoms with Gasteiger partial charge >= 0.3 is 0 Å². The first-order chi connectivity index (χ1) is 11.8. The summed E-state index contributed by atoms with van der Waals surface area (Å²) in [5.41, 5.74) is 6.28. The topological polar surface area (TPSA) is 105 Å². The molecular weight excluding hydrogens is 340 g/mol. The van der Waals surface area contributed by atoms with Gasteiger partial charge in [-0.3, -0.25) is 9.79 Å². The fraction of sp³-hybridized carbons (Fsp3) is 0.529. The molecule has 1 saturated heterocycles. The summed E-state index contributed by atoms with van der Waals surface area (Å²) in [7, 11) is -1.45. The van der Waals surface area contributed by atoms with Crippen LogP contribution in [-0.4, -0.2) is 51.6 Å². The molecule has 3 N–H and O–H groups in total. The van der Waals surface area contributed by atoms with Crippen molar-refractivity contribution in [1.82, 2.24) is 10.2 Å². The number of nitrogens with one attached hydrogen (secondary N) is 1. The van der Waals surface area contributed by atoms with Crippen molar-refractivity contribution in [3.63, 3.8) is 0 Å². The van der Waals surface area contributed by atoms with E-state index in [2.05, 4.69) is 15.2 Å². The van der Waals surface area contributed by atoms with Gasteiger partial charge < -0.3 is 16.0 Å². The molecule has 1 unspecified atom stereocenters. The van der Waals surface area contributed by atoms with Crippen molar-refractivity contribution in [1.29, 1.82) is 0 Å². The van der Waals surface area contributed by atoms with Crippen molar-refractivity contribution >= 4 is 21.7 Å². The molecule has 0 aliphatic carbocycles. The molecule has 1 aliphatic rings. The van der Waals surface area contributed by atoms with Crippen molar-refractivity contribution < 1.29 is 13.2 Å². The number of likely N-dealkylation sites (tertiary alicyclic amines) is 1. The average molecular weight is 366 g/mol. The Morgan fingerprint density at radius 3 is 2.60 bits per heavy atom. The third-order valence-electron chi connectivity index (χ3n) is 4.32. The minimum Gasteiger partial charge on any atom is -0.370 e. The van der Waals surface area contributed by atoms with E-state index in [0.717, 1.165) is 37.5 Å². The molecule has 0 radical (unpaired) electrons. The van der Waals surface area contributed by atoms with Crippen molar-refractivity contribution in [3.8, 4) is 0 Å². The number of amides is 1. The normalized spacial score (nSPS) is 18.9. The molecule has 25 heavy (non-hydrogen) atoms. The summed E-state index contributed by atoms with van der Waals surface area (Å²) in [6.45, 7) is 2.20. The fourth-order valence-electron chi connectivity index (χ4n) is 3.08. The number of hydrogen-bond acceptors (Lipinski definition) is 4. The van der Waals surface area contributed by atoms with E-state index >= 15 is 0 Å². The lowest BCUT2D eigenvalue weighted by molar-refractivity contribution is -0.119. The number of carbonyl (C=O) groups excluding carboxylic acids is 1. The predicted octanol–water partition coefficient (Wildman–Crippen LogP) is 0.753. The van der Waals surface area contributed by atoms with Gasteiger partial charge in [-0.2, -0.15) is 0 Å². The Labute approximate surface area is 149 Å². The largest absolute Gasteiger partial charge is 0.370 e. The second kappa shape index (κ2) is 8.33. The molecule has 0 saturated carbocycles. The Hall–Kier alpha value is -2.09. The summed E-state index contributed by atoms with van der Waals surface area (Å²) in [6.07, 6.45) is 3.60. The summed E-state index contributed by atoms with van der Waals surface area (Å²) in [5.74, 6) is 0.779. The summed E-state index contributed by atoms with van der Waals surface area (Å²) in [4.78, 5) is 17.9. The molecule has 0 bridgehead atoms. The van der Waals surface area contributed by atoms with E-state index in [4.69, 9.17) is 5.73 Å². The van der Waals surface area contributed by atoms with Crippen LogP contribution in [0, 0.1) is 5.92 Å². The maximum absolute atomic E-state index is 11.5. The number of sulfone groups is 1. The van der Waals surface area contributed by atoms with E-state index in [1.165, 1.54) is 6.26 Å². The molecule has 1 aromatic rings. The Morgan fingerprint density at radius 2 is 2.04 bits per heavy atom. The van der Waals surface area contributed by atoms with Crippen LogP contribution in [0.3, 0.4) is 0 Å². The standard InChI is InChI=1S/C17H26N4O3S/c1-19-17(21-9-3-4-14(12-21)10-16(18)22)20-11-13-5-7-15(8-6-13)25(2,23)24/h5-8,14H,3-4,9-12H2,1-2H3,(H2,18,22)(H,19,20). The molecule has 138 valence electrons. The van der Waals surface area contributed by atoms with Gasteiger partial charge in [-0.25, -0.2) is 8.42 Å². The first-order valence-electron chi connectivity index (χ1n) is 8.32. The van der Waals surface area contributed by atoms with Gasteiger partial charge in [0.2, 0.25) is 5.91 Å². The summed E-state index contributed by atoms with van der Waals surface area (Å²) in [6, 6.07) is 6.81. The van der Waals surface area contributed by atoms with E-state index in [0.29, 0.717) is 17.9 Å². The zero-order valence-corrected chi connectivity index (χ0v) is 15.6. The quantitative estimate of drug-likeness (QED) is 0.591. The van der Waals surface area contributed by atoms with Gasteiger partial charge in [-0.05, 0) is 36.5 Å². The van der Waals surface area contributed by atoms with Crippen molar-refractivity contribution in [2.24, 2.45) is 16.6 Å². The van der Waals surface area contributed by atoms with E-state index in [1.807, 2.05) is 0 Å². The van der Waals surface area contributed by atoms with Crippen LogP contribution < -0.4 is 11.1 Å². The lowest BCUT2D eigenvalue weighted by atomic mass is 9.95. The van der Waals surface area contributed by atoms with E-state index < -0.39 is 9.84 Å². The number of piperidine rings is 1. The third kappa shape index (κ3) is 5.74. The molecule has 0 aromatic heterocycles. The van der Waals surface area contributed by atoms with Crippen molar-refractivity contribution in [3.05, 3.63) is 29.8 Å². The molecular formula is C17H26N4O3S. The van der Waals surface area contributed by atoms with Gasteiger partial charge in [0.15, 0.2) is 15.8 Å². The van der Waals surface area contributed by atoms with Gasteiger partial charge in [0.25, 0.3) is 0 Å². The minimum atomic E-state index is -3.18. The number of guanidine groups is 1. The first-order valence-corrected chi connectivity index (χ1v) is 10.2. The van der Waals surface area contributed by atoms with E-state index in [-0.39, 0.29) is 11.8 Å². The van der Waals surface area contributed by atoms with Crippen LogP contribution in [0.4, 0.5) is 0 Å².